The second-order valence-corrected chi connectivity index (χ2v) is 5.33. The molecule has 3 nitrogen and oxygen atoms in total. The minimum absolute atomic E-state index is 0.712. The van der Waals surface area contributed by atoms with Gasteiger partial charge in [-0.05, 0) is 37.6 Å². The zero-order chi connectivity index (χ0) is 11.2. The van der Waals surface area contributed by atoms with E-state index in [1.165, 1.54) is 32.2 Å². The van der Waals surface area contributed by atoms with E-state index in [1.54, 1.807) is 12.4 Å². The highest BCUT2D eigenvalue weighted by Gasteiger charge is 2.12. The quantitative estimate of drug-likeness (QED) is 0.789. The summed E-state index contributed by atoms with van der Waals surface area (Å²) < 4.78 is 0. The monoisotopic (exact) mass is 237 g/mol. The minimum atomic E-state index is 0.712. The number of pyridine rings is 1. The molecule has 16 heavy (non-hydrogen) atoms. The third-order valence-corrected chi connectivity index (χ3v) is 4.07. The maximum absolute atomic E-state index is 5.84. The predicted octanol–water partition coefficient (Wildman–Crippen LogP) is 2.29. The van der Waals surface area contributed by atoms with Gasteiger partial charge < -0.3 is 11.1 Å². The molecule has 1 unspecified atom stereocenters. The summed E-state index contributed by atoms with van der Waals surface area (Å²) in [4.78, 5) is 5.15. The van der Waals surface area contributed by atoms with Crippen molar-refractivity contribution in [1.82, 2.24) is 10.3 Å². The van der Waals surface area contributed by atoms with Crippen LogP contribution in [0.4, 0.5) is 5.69 Å². The fourth-order valence-electron chi connectivity index (χ4n) is 2.01. The number of nitrogens with one attached hydrogen (secondary N) is 1. The van der Waals surface area contributed by atoms with Crippen molar-refractivity contribution in [3.8, 4) is 0 Å². The average Bonchev–Trinajstić information content (AvgIpc) is 2.33. The van der Waals surface area contributed by atoms with Gasteiger partial charge in [0.1, 0.15) is 0 Å². The Balaban J connectivity index is 1.73. The topological polar surface area (TPSA) is 50.9 Å². The first-order chi connectivity index (χ1) is 7.86. The molecule has 1 aliphatic heterocycles. The second kappa shape index (κ2) is 6.11. The summed E-state index contributed by atoms with van der Waals surface area (Å²) in [5, 5.41) is 3.56. The number of piperidine rings is 1. The lowest BCUT2D eigenvalue weighted by Gasteiger charge is -2.23. The number of nitrogens with zero attached hydrogens (tertiary/aromatic N) is 1. The molecule has 3 N–H and O–H groups in total. The average molecular weight is 237 g/mol. The van der Waals surface area contributed by atoms with Gasteiger partial charge in [-0.1, -0.05) is 6.42 Å². The van der Waals surface area contributed by atoms with Gasteiger partial charge in [0.2, 0.25) is 0 Å². The van der Waals surface area contributed by atoms with Crippen molar-refractivity contribution in [1.29, 1.82) is 0 Å². The molecule has 1 saturated heterocycles. The van der Waals surface area contributed by atoms with Crippen molar-refractivity contribution in [3.63, 3.8) is 0 Å². The molecule has 2 rings (SSSR count). The number of aromatic nitrogens is 1. The largest absolute Gasteiger partial charge is 0.397 e. The number of nitrogens with two attached hydrogens (primary N) is 1. The number of hydrogen-bond donors (Lipinski definition) is 2. The molecule has 0 aromatic carbocycles. The van der Waals surface area contributed by atoms with Gasteiger partial charge in [0.05, 0.1) is 11.9 Å². The molecule has 0 aliphatic carbocycles. The summed E-state index contributed by atoms with van der Waals surface area (Å²) in [5.74, 6) is 1.13. The highest BCUT2D eigenvalue weighted by atomic mass is 32.2. The van der Waals surface area contributed by atoms with Crippen LogP contribution < -0.4 is 11.1 Å². The van der Waals surface area contributed by atoms with Crippen molar-refractivity contribution >= 4 is 17.4 Å². The molecular formula is C12H19N3S. The third-order valence-electron chi connectivity index (χ3n) is 2.95. The SMILES string of the molecule is Nc1cnccc1SCCC1CCCCN1. The van der Waals surface area contributed by atoms with E-state index < -0.39 is 0 Å². The van der Waals surface area contributed by atoms with Crippen LogP contribution >= 0.6 is 11.8 Å². The first-order valence-corrected chi connectivity index (χ1v) is 6.90. The van der Waals surface area contributed by atoms with E-state index in [-0.39, 0.29) is 0 Å². The Bertz CT molecular complexity index is 324. The normalized spacial score (nSPS) is 20.9. The van der Waals surface area contributed by atoms with Crippen LogP contribution in [0.25, 0.3) is 0 Å². The molecule has 0 bridgehead atoms. The smallest absolute Gasteiger partial charge is 0.0638 e. The van der Waals surface area contributed by atoms with Crippen LogP contribution in [-0.2, 0) is 0 Å². The van der Waals surface area contributed by atoms with Crippen LogP contribution in [-0.4, -0.2) is 23.3 Å². The Kier molecular flexibility index (Phi) is 4.48. The van der Waals surface area contributed by atoms with Crippen molar-refractivity contribution < 1.29 is 0 Å². The maximum Gasteiger partial charge on any atom is 0.0638 e. The zero-order valence-corrected chi connectivity index (χ0v) is 10.3. The van der Waals surface area contributed by atoms with E-state index in [0.717, 1.165) is 16.3 Å². The number of rotatable bonds is 4. The van der Waals surface area contributed by atoms with E-state index in [2.05, 4.69) is 10.3 Å². The molecule has 0 radical (unpaired) electrons. The fourth-order valence-corrected chi connectivity index (χ4v) is 3.01. The van der Waals surface area contributed by atoms with E-state index in [4.69, 9.17) is 5.73 Å². The van der Waals surface area contributed by atoms with E-state index in [0.29, 0.717) is 6.04 Å². The summed E-state index contributed by atoms with van der Waals surface area (Å²) in [5.41, 5.74) is 6.64. The van der Waals surface area contributed by atoms with Crippen LogP contribution in [0.15, 0.2) is 23.4 Å². The predicted molar refractivity (Wildman–Crippen MR) is 69.6 cm³/mol. The summed E-state index contributed by atoms with van der Waals surface area (Å²) >= 11 is 1.84. The molecule has 1 atom stereocenters. The maximum atomic E-state index is 5.84. The third kappa shape index (κ3) is 3.39. The molecule has 0 amide bonds. The van der Waals surface area contributed by atoms with Crippen LogP contribution in [0.1, 0.15) is 25.7 Å². The lowest BCUT2D eigenvalue weighted by molar-refractivity contribution is 0.395. The second-order valence-electron chi connectivity index (χ2n) is 4.20. The molecule has 1 aliphatic rings. The van der Waals surface area contributed by atoms with Gasteiger partial charge in [-0.3, -0.25) is 4.98 Å². The lowest BCUT2D eigenvalue weighted by Crippen LogP contribution is -2.34. The van der Waals surface area contributed by atoms with Crippen molar-refractivity contribution in [2.75, 3.05) is 18.0 Å². The Morgan fingerprint density at radius 3 is 3.19 bits per heavy atom. The number of anilines is 1. The molecule has 0 spiro atoms. The molecule has 0 saturated carbocycles. The Hall–Kier alpha value is -0.740. The molecular weight excluding hydrogens is 218 g/mol. The lowest BCUT2D eigenvalue weighted by atomic mass is 10.0. The number of thioether (sulfide) groups is 1. The van der Waals surface area contributed by atoms with Crippen LogP contribution in [0.2, 0.25) is 0 Å². The standard InChI is InChI=1S/C12H19N3S/c13-11-9-14-7-4-12(11)16-8-5-10-3-1-2-6-15-10/h4,7,9-10,15H,1-3,5-6,8,13H2. The summed E-state index contributed by atoms with van der Waals surface area (Å²) in [6, 6.07) is 2.71. The zero-order valence-electron chi connectivity index (χ0n) is 9.48. The van der Waals surface area contributed by atoms with Crippen LogP contribution in [0.5, 0.6) is 0 Å². The van der Waals surface area contributed by atoms with Gasteiger partial charge in [-0.25, -0.2) is 0 Å². The molecule has 1 aromatic rings. The first kappa shape index (κ1) is 11.7. The van der Waals surface area contributed by atoms with E-state index >= 15 is 0 Å². The van der Waals surface area contributed by atoms with Crippen LogP contribution in [0.3, 0.4) is 0 Å². The van der Waals surface area contributed by atoms with Gasteiger partial charge in [0.15, 0.2) is 0 Å². The van der Waals surface area contributed by atoms with E-state index in [1.807, 2.05) is 17.8 Å². The van der Waals surface area contributed by atoms with Gasteiger partial charge in [-0.15, -0.1) is 11.8 Å². The molecule has 2 heterocycles. The molecule has 4 heteroatoms. The number of hydrogen-bond acceptors (Lipinski definition) is 4. The van der Waals surface area contributed by atoms with Crippen LogP contribution in [0, 0.1) is 0 Å². The van der Waals surface area contributed by atoms with Gasteiger partial charge in [0.25, 0.3) is 0 Å². The molecule has 1 fully saturated rings. The Labute approximate surface area is 101 Å². The highest BCUT2D eigenvalue weighted by molar-refractivity contribution is 7.99. The van der Waals surface area contributed by atoms with Crippen molar-refractivity contribution in [3.05, 3.63) is 18.5 Å². The number of nitrogen functional groups attached to an aromatic ring is 1. The molecule has 1 aromatic heterocycles. The minimum Gasteiger partial charge on any atom is -0.397 e. The van der Waals surface area contributed by atoms with E-state index in [9.17, 15) is 0 Å². The van der Waals surface area contributed by atoms with Gasteiger partial charge in [-0.2, -0.15) is 0 Å². The first-order valence-electron chi connectivity index (χ1n) is 5.92. The molecule has 88 valence electrons. The Morgan fingerprint density at radius 1 is 1.50 bits per heavy atom. The Morgan fingerprint density at radius 2 is 2.44 bits per heavy atom. The summed E-state index contributed by atoms with van der Waals surface area (Å²) in [6.45, 7) is 1.19. The summed E-state index contributed by atoms with van der Waals surface area (Å²) in [7, 11) is 0. The highest BCUT2D eigenvalue weighted by Crippen LogP contribution is 2.25. The van der Waals surface area contributed by atoms with Crippen molar-refractivity contribution in [2.24, 2.45) is 0 Å². The fraction of sp³-hybridized carbons (Fsp3) is 0.583. The van der Waals surface area contributed by atoms with Crippen molar-refractivity contribution in [2.45, 2.75) is 36.6 Å². The van der Waals surface area contributed by atoms with Gasteiger partial charge in [0, 0.05) is 17.1 Å². The van der Waals surface area contributed by atoms with Gasteiger partial charge >= 0.3 is 0 Å². The summed E-state index contributed by atoms with van der Waals surface area (Å²) in [6.07, 6.45) is 8.79.